The molecule has 1 amide bonds. The molecule has 2 aromatic rings. The minimum atomic E-state index is -0.511. The maximum absolute atomic E-state index is 11.4. The van der Waals surface area contributed by atoms with E-state index in [4.69, 9.17) is 10.2 Å². The first-order valence-corrected chi connectivity index (χ1v) is 5.44. The Morgan fingerprint density at radius 3 is 3.06 bits per heavy atom. The van der Waals surface area contributed by atoms with E-state index in [-0.39, 0.29) is 12.3 Å². The summed E-state index contributed by atoms with van der Waals surface area (Å²) in [5.74, 6) is -0.713. The lowest BCUT2D eigenvalue weighted by Gasteiger charge is -2.11. The molecule has 96 valence electrons. The van der Waals surface area contributed by atoms with E-state index in [2.05, 4.69) is 15.8 Å². The largest absolute Gasteiger partial charge is 0.417 e. The molecule has 0 aliphatic carbocycles. The first kappa shape index (κ1) is 12.3. The van der Waals surface area contributed by atoms with Crippen molar-refractivity contribution in [3.63, 3.8) is 0 Å². The zero-order valence-electron chi connectivity index (χ0n) is 9.82. The van der Waals surface area contributed by atoms with Crippen LogP contribution in [0.3, 0.4) is 0 Å². The molecule has 7 heteroatoms. The molecule has 1 unspecified atom stereocenters. The molecule has 0 radical (unpaired) electrons. The van der Waals surface area contributed by atoms with Gasteiger partial charge in [-0.2, -0.15) is 0 Å². The lowest BCUT2D eigenvalue weighted by atomic mass is 10.0. The number of nitrogens with one attached hydrogen (secondary N) is 3. The Hall–Kier alpha value is -2.12. The highest BCUT2D eigenvalue weighted by molar-refractivity contribution is 5.77. The summed E-state index contributed by atoms with van der Waals surface area (Å²) >= 11 is 0. The van der Waals surface area contributed by atoms with Gasteiger partial charge in [-0.25, -0.2) is 10.2 Å². The smallest absolute Gasteiger partial charge is 0.408 e. The van der Waals surface area contributed by atoms with Gasteiger partial charge in [-0.3, -0.25) is 15.2 Å². The molecule has 0 aliphatic rings. The Kier molecular flexibility index (Phi) is 3.45. The van der Waals surface area contributed by atoms with Crippen LogP contribution in [0.1, 0.15) is 18.0 Å². The molecule has 1 aromatic carbocycles. The molecule has 1 aromatic heterocycles. The van der Waals surface area contributed by atoms with E-state index in [0.717, 1.165) is 5.56 Å². The first-order valence-electron chi connectivity index (χ1n) is 5.44. The number of aromatic nitrogens is 1. The van der Waals surface area contributed by atoms with Crippen LogP contribution in [0.4, 0.5) is 0 Å². The Bertz CT molecular complexity index is 616. The number of nitrogens with two attached hydrogens (primary N) is 1. The van der Waals surface area contributed by atoms with Crippen molar-refractivity contribution in [2.45, 2.75) is 12.5 Å². The van der Waals surface area contributed by atoms with Crippen molar-refractivity contribution in [2.75, 3.05) is 7.05 Å². The van der Waals surface area contributed by atoms with Gasteiger partial charge in [-0.1, -0.05) is 6.07 Å². The standard InChI is InChI=1S/C11H14N4O3/c1-13-15-10(16)5-7(12)6-2-3-9-8(4-6)14-11(17)18-9/h2-4,7,13H,5,12H2,1H3,(H,14,17)(H,15,16). The van der Waals surface area contributed by atoms with Gasteiger partial charge in [-0.15, -0.1) is 0 Å². The Labute approximate surface area is 102 Å². The number of hydrazine groups is 1. The molecule has 1 atom stereocenters. The van der Waals surface area contributed by atoms with Crippen molar-refractivity contribution in [1.82, 2.24) is 15.8 Å². The van der Waals surface area contributed by atoms with Crippen LogP contribution in [0, 0.1) is 0 Å². The van der Waals surface area contributed by atoms with Crippen molar-refractivity contribution in [1.29, 1.82) is 0 Å². The van der Waals surface area contributed by atoms with E-state index in [1.807, 2.05) is 0 Å². The molecule has 7 nitrogen and oxygen atoms in total. The third-order valence-corrected chi connectivity index (χ3v) is 2.54. The number of aromatic amines is 1. The fourth-order valence-electron chi connectivity index (χ4n) is 1.71. The summed E-state index contributed by atoms with van der Waals surface area (Å²) in [6.45, 7) is 0. The molecule has 1 heterocycles. The summed E-state index contributed by atoms with van der Waals surface area (Å²) in [5.41, 5.74) is 12.7. The minimum Gasteiger partial charge on any atom is -0.408 e. The molecular formula is C11H14N4O3. The first-order chi connectivity index (χ1) is 8.60. The number of rotatable bonds is 4. The number of hydrogen-bond donors (Lipinski definition) is 4. The summed E-state index contributed by atoms with van der Waals surface area (Å²) < 4.78 is 4.88. The summed E-state index contributed by atoms with van der Waals surface area (Å²) in [5, 5.41) is 0. The van der Waals surface area contributed by atoms with E-state index >= 15 is 0 Å². The molecule has 0 spiro atoms. The maximum atomic E-state index is 11.4. The summed E-state index contributed by atoms with van der Waals surface area (Å²) in [6, 6.07) is 4.65. The summed E-state index contributed by atoms with van der Waals surface area (Å²) in [7, 11) is 1.60. The van der Waals surface area contributed by atoms with Gasteiger partial charge < -0.3 is 10.2 Å². The maximum Gasteiger partial charge on any atom is 0.417 e. The summed E-state index contributed by atoms with van der Waals surface area (Å²) in [6.07, 6.45) is 0.147. The number of fused-ring (bicyclic) bond motifs is 1. The van der Waals surface area contributed by atoms with Crippen LogP contribution in [-0.4, -0.2) is 17.9 Å². The average molecular weight is 250 g/mol. The normalized spacial score (nSPS) is 12.6. The highest BCUT2D eigenvalue weighted by Crippen LogP contribution is 2.18. The van der Waals surface area contributed by atoms with Crippen molar-refractivity contribution in [3.8, 4) is 0 Å². The fraction of sp³-hybridized carbons (Fsp3) is 0.273. The van der Waals surface area contributed by atoms with Gasteiger partial charge in [0.25, 0.3) is 0 Å². The van der Waals surface area contributed by atoms with Crippen LogP contribution in [0.15, 0.2) is 27.4 Å². The monoisotopic (exact) mass is 250 g/mol. The van der Waals surface area contributed by atoms with Crippen LogP contribution in [-0.2, 0) is 4.79 Å². The van der Waals surface area contributed by atoms with E-state index in [9.17, 15) is 9.59 Å². The fourth-order valence-corrected chi connectivity index (χ4v) is 1.71. The van der Waals surface area contributed by atoms with Gasteiger partial charge in [0.1, 0.15) is 0 Å². The molecular weight excluding hydrogens is 236 g/mol. The lowest BCUT2D eigenvalue weighted by molar-refractivity contribution is -0.122. The molecule has 0 saturated heterocycles. The topological polar surface area (TPSA) is 113 Å². The summed E-state index contributed by atoms with van der Waals surface area (Å²) in [4.78, 5) is 24.9. The Morgan fingerprint density at radius 1 is 1.56 bits per heavy atom. The number of benzene rings is 1. The molecule has 0 bridgehead atoms. The SMILES string of the molecule is CNNC(=O)CC(N)c1ccc2oc(=O)[nH]c2c1. The van der Waals surface area contributed by atoms with Gasteiger partial charge in [0, 0.05) is 19.5 Å². The third-order valence-electron chi connectivity index (χ3n) is 2.54. The number of carbonyl (C=O) groups excluding carboxylic acids is 1. The van der Waals surface area contributed by atoms with Gasteiger partial charge >= 0.3 is 5.76 Å². The van der Waals surface area contributed by atoms with Crippen molar-refractivity contribution in [2.24, 2.45) is 5.73 Å². The Balaban J connectivity index is 2.19. The number of H-pyrrole nitrogens is 1. The van der Waals surface area contributed by atoms with Crippen LogP contribution in [0.5, 0.6) is 0 Å². The number of oxazole rings is 1. The molecule has 0 aliphatic heterocycles. The Morgan fingerprint density at radius 2 is 2.33 bits per heavy atom. The van der Waals surface area contributed by atoms with E-state index < -0.39 is 11.8 Å². The molecule has 18 heavy (non-hydrogen) atoms. The van der Waals surface area contributed by atoms with Crippen LogP contribution in [0.25, 0.3) is 11.1 Å². The second-order valence-corrected chi connectivity index (χ2v) is 3.88. The van der Waals surface area contributed by atoms with E-state index in [1.165, 1.54) is 0 Å². The van der Waals surface area contributed by atoms with Crippen molar-refractivity contribution >= 4 is 17.0 Å². The van der Waals surface area contributed by atoms with E-state index in [1.54, 1.807) is 25.2 Å². The predicted molar refractivity (Wildman–Crippen MR) is 65.6 cm³/mol. The van der Waals surface area contributed by atoms with E-state index in [0.29, 0.717) is 11.1 Å². The van der Waals surface area contributed by atoms with Crippen molar-refractivity contribution in [3.05, 3.63) is 34.3 Å². The second-order valence-electron chi connectivity index (χ2n) is 3.88. The van der Waals surface area contributed by atoms with Crippen LogP contribution in [0.2, 0.25) is 0 Å². The highest BCUT2D eigenvalue weighted by Gasteiger charge is 2.12. The van der Waals surface area contributed by atoms with Gasteiger partial charge in [0.2, 0.25) is 5.91 Å². The van der Waals surface area contributed by atoms with Crippen molar-refractivity contribution < 1.29 is 9.21 Å². The second kappa shape index (κ2) is 5.03. The number of hydrogen-bond acceptors (Lipinski definition) is 5. The predicted octanol–water partition coefficient (Wildman–Crippen LogP) is -0.238. The molecule has 0 fully saturated rings. The van der Waals surface area contributed by atoms with Gasteiger partial charge in [0.05, 0.1) is 5.52 Å². The zero-order valence-corrected chi connectivity index (χ0v) is 9.82. The molecule has 5 N–H and O–H groups in total. The third kappa shape index (κ3) is 2.58. The van der Waals surface area contributed by atoms with Crippen LogP contribution < -0.4 is 22.3 Å². The molecule has 2 rings (SSSR count). The minimum absolute atomic E-state index is 0.147. The lowest BCUT2D eigenvalue weighted by Crippen LogP contribution is -2.36. The highest BCUT2D eigenvalue weighted by atomic mass is 16.4. The molecule has 0 saturated carbocycles. The van der Waals surface area contributed by atoms with Crippen LogP contribution >= 0.6 is 0 Å². The average Bonchev–Trinajstić information content (AvgIpc) is 2.68. The zero-order chi connectivity index (χ0) is 13.1. The number of carbonyl (C=O) groups is 1. The van der Waals surface area contributed by atoms with Gasteiger partial charge in [0.15, 0.2) is 5.58 Å². The quantitative estimate of drug-likeness (QED) is 0.559. The number of amides is 1. The van der Waals surface area contributed by atoms with Gasteiger partial charge in [-0.05, 0) is 17.7 Å².